The fourth-order valence-corrected chi connectivity index (χ4v) is 8.23. The standard InChI is InChI=1S/C27H47N3O.C7H16S/c1-4-6-24(7-5-2)8-10-25(11-9-24)12-13-26(31-21-25)14-16-30(17-15-26)23-18-22(3)19-27(28,29)20-23;1-2-3-4-5-6-7-8/h18H,3-17,19-21,28-29H2,1-2H3;8H,2-7H2,1H3. The van der Waals surface area contributed by atoms with Crippen molar-refractivity contribution in [1.82, 2.24) is 4.90 Å². The maximum absolute atomic E-state index is 6.77. The highest BCUT2D eigenvalue weighted by molar-refractivity contribution is 7.80. The first kappa shape index (κ1) is 33.0. The minimum absolute atomic E-state index is 0.109. The molecule has 5 heteroatoms. The molecule has 4 N–H and O–H groups in total. The zero-order valence-corrected chi connectivity index (χ0v) is 26.9. The number of likely N-dealkylation sites (tertiary alicyclic amines) is 1. The Morgan fingerprint density at radius 3 is 1.95 bits per heavy atom. The number of nitrogens with zero attached hydrogens (tertiary/aromatic N) is 1. The van der Waals surface area contributed by atoms with Crippen LogP contribution in [0.15, 0.2) is 23.9 Å². The average molecular weight is 562 g/mol. The number of nitrogens with two attached hydrogens (primary N) is 2. The molecule has 0 aromatic heterocycles. The van der Waals surface area contributed by atoms with E-state index in [1.54, 1.807) is 0 Å². The minimum Gasteiger partial charge on any atom is -0.374 e. The van der Waals surface area contributed by atoms with Gasteiger partial charge in [0.05, 0.1) is 17.9 Å². The summed E-state index contributed by atoms with van der Waals surface area (Å²) < 4.78 is 6.77. The highest BCUT2D eigenvalue weighted by Gasteiger charge is 2.48. The Hall–Kier alpha value is -0.490. The van der Waals surface area contributed by atoms with E-state index in [0.717, 1.165) is 50.3 Å². The first-order chi connectivity index (χ1) is 18.6. The predicted molar refractivity (Wildman–Crippen MR) is 172 cm³/mol. The molecule has 39 heavy (non-hydrogen) atoms. The van der Waals surface area contributed by atoms with Crippen molar-refractivity contribution in [1.29, 1.82) is 0 Å². The Labute approximate surface area is 247 Å². The third kappa shape index (κ3) is 9.51. The topological polar surface area (TPSA) is 64.5 Å². The lowest BCUT2D eigenvalue weighted by molar-refractivity contribution is -0.168. The van der Waals surface area contributed by atoms with Crippen LogP contribution in [0.1, 0.15) is 143 Å². The largest absolute Gasteiger partial charge is 0.374 e. The molecule has 0 unspecified atom stereocenters. The van der Waals surface area contributed by atoms with Gasteiger partial charge in [0.25, 0.3) is 0 Å². The summed E-state index contributed by atoms with van der Waals surface area (Å²) in [5, 5.41) is 0. The summed E-state index contributed by atoms with van der Waals surface area (Å²) in [5.41, 5.74) is 15.4. The fraction of sp³-hybridized carbons (Fsp3) is 0.882. The number of thiol groups is 1. The van der Waals surface area contributed by atoms with Crippen molar-refractivity contribution >= 4 is 12.6 Å². The average Bonchev–Trinajstić information content (AvgIpc) is 2.90. The zero-order chi connectivity index (χ0) is 28.4. The molecular formula is C34H63N3OS. The monoisotopic (exact) mass is 561 g/mol. The second kappa shape index (κ2) is 15.1. The summed E-state index contributed by atoms with van der Waals surface area (Å²) in [7, 11) is 0. The van der Waals surface area contributed by atoms with Crippen molar-refractivity contribution in [2.24, 2.45) is 22.3 Å². The van der Waals surface area contributed by atoms with E-state index in [0.29, 0.717) is 17.3 Å². The van der Waals surface area contributed by atoms with E-state index < -0.39 is 5.66 Å². The van der Waals surface area contributed by atoms with Crippen molar-refractivity contribution in [3.63, 3.8) is 0 Å². The van der Waals surface area contributed by atoms with Gasteiger partial charge in [-0.3, -0.25) is 0 Å². The smallest absolute Gasteiger partial charge is 0.0733 e. The lowest BCUT2D eigenvalue weighted by atomic mass is 9.58. The van der Waals surface area contributed by atoms with E-state index in [9.17, 15) is 0 Å². The number of allylic oxidation sites excluding steroid dienone is 1. The molecule has 226 valence electrons. The van der Waals surface area contributed by atoms with Crippen LogP contribution < -0.4 is 11.5 Å². The van der Waals surface area contributed by atoms with Crippen LogP contribution >= 0.6 is 12.6 Å². The Kier molecular flexibility index (Phi) is 12.8. The van der Waals surface area contributed by atoms with Crippen molar-refractivity contribution in [2.75, 3.05) is 25.4 Å². The lowest BCUT2D eigenvalue weighted by Crippen LogP contribution is -2.55. The van der Waals surface area contributed by atoms with Crippen molar-refractivity contribution in [3.8, 4) is 0 Å². The molecule has 2 spiro atoms. The van der Waals surface area contributed by atoms with Crippen molar-refractivity contribution < 1.29 is 4.74 Å². The fourth-order valence-electron chi connectivity index (χ4n) is 8.01. The normalized spacial score (nSPS) is 25.2. The van der Waals surface area contributed by atoms with Crippen LogP contribution in [0.3, 0.4) is 0 Å². The summed E-state index contributed by atoms with van der Waals surface area (Å²) in [6.07, 6.45) is 26.5. The second-order valence-electron chi connectivity index (χ2n) is 14.0. The Balaban J connectivity index is 0.000000459. The summed E-state index contributed by atoms with van der Waals surface area (Å²) >= 11 is 4.12. The maximum Gasteiger partial charge on any atom is 0.0733 e. The molecule has 0 radical (unpaired) electrons. The molecule has 4 nitrogen and oxygen atoms in total. The molecule has 2 heterocycles. The van der Waals surface area contributed by atoms with E-state index in [1.165, 1.54) is 102 Å². The number of hydrogen-bond donors (Lipinski definition) is 3. The van der Waals surface area contributed by atoms with Gasteiger partial charge < -0.3 is 21.1 Å². The van der Waals surface area contributed by atoms with Crippen molar-refractivity contribution in [3.05, 3.63) is 23.9 Å². The van der Waals surface area contributed by atoms with Crippen LogP contribution in [-0.2, 0) is 4.74 Å². The van der Waals surface area contributed by atoms with Gasteiger partial charge in [-0.2, -0.15) is 12.6 Å². The van der Waals surface area contributed by atoms with Gasteiger partial charge in [-0.05, 0) is 93.3 Å². The summed E-state index contributed by atoms with van der Waals surface area (Å²) in [6.45, 7) is 14.2. The van der Waals surface area contributed by atoms with E-state index in [2.05, 4.69) is 51.0 Å². The van der Waals surface area contributed by atoms with Crippen LogP contribution in [-0.4, -0.2) is 41.6 Å². The molecule has 0 aromatic rings. The molecule has 0 aromatic carbocycles. The molecule has 1 saturated carbocycles. The van der Waals surface area contributed by atoms with Crippen molar-refractivity contribution in [2.45, 2.75) is 154 Å². The van der Waals surface area contributed by atoms with Crippen LogP contribution in [0.4, 0.5) is 0 Å². The Morgan fingerprint density at radius 2 is 1.44 bits per heavy atom. The molecule has 3 fully saturated rings. The highest BCUT2D eigenvalue weighted by atomic mass is 32.1. The molecule has 2 saturated heterocycles. The van der Waals surface area contributed by atoms with Gasteiger partial charge in [-0.1, -0.05) is 71.4 Å². The number of unbranched alkanes of at least 4 members (excludes halogenated alkanes) is 4. The van der Waals surface area contributed by atoms with Gasteiger partial charge in [-0.25, -0.2) is 0 Å². The second-order valence-corrected chi connectivity index (χ2v) is 14.4. The maximum atomic E-state index is 6.77. The molecule has 2 aliphatic heterocycles. The first-order valence-corrected chi connectivity index (χ1v) is 17.2. The van der Waals surface area contributed by atoms with E-state index >= 15 is 0 Å². The van der Waals surface area contributed by atoms with Crippen LogP contribution in [0.25, 0.3) is 0 Å². The molecule has 4 aliphatic rings. The quantitative estimate of drug-likeness (QED) is 0.142. The minimum atomic E-state index is -0.643. The van der Waals surface area contributed by atoms with Crippen LogP contribution in [0.5, 0.6) is 0 Å². The number of piperidine rings is 1. The third-order valence-corrected chi connectivity index (χ3v) is 10.8. The third-order valence-electron chi connectivity index (χ3n) is 10.5. The number of ether oxygens (including phenoxy) is 1. The SMILES string of the molecule is C=C1C=C(N2CCC3(CC2)CCC2(CCC(CCC)(CCC)CC2)CO3)CC(N)(N)C1.CCCCCCCS. The highest BCUT2D eigenvalue weighted by Crippen LogP contribution is 2.55. The van der Waals surface area contributed by atoms with Crippen LogP contribution in [0, 0.1) is 10.8 Å². The number of rotatable bonds is 10. The molecule has 0 bridgehead atoms. The Bertz CT molecular complexity index is 749. The summed E-state index contributed by atoms with van der Waals surface area (Å²) in [4.78, 5) is 2.49. The van der Waals surface area contributed by atoms with E-state index in [1.807, 2.05) is 0 Å². The van der Waals surface area contributed by atoms with Gasteiger partial charge >= 0.3 is 0 Å². The molecule has 0 atom stereocenters. The molecule has 0 amide bonds. The number of hydrogen-bond acceptors (Lipinski definition) is 5. The van der Waals surface area contributed by atoms with E-state index in [4.69, 9.17) is 16.2 Å². The first-order valence-electron chi connectivity index (χ1n) is 16.6. The molecule has 2 aliphatic carbocycles. The van der Waals surface area contributed by atoms with Gasteiger partial charge in [0.15, 0.2) is 0 Å². The summed E-state index contributed by atoms with van der Waals surface area (Å²) in [6, 6.07) is 0. The zero-order valence-electron chi connectivity index (χ0n) is 26.0. The molecule has 4 rings (SSSR count). The summed E-state index contributed by atoms with van der Waals surface area (Å²) in [5.74, 6) is 1.06. The lowest BCUT2D eigenvalue weighted by Gasteiger charge is -2.54. The Morgan fingerprint density at radius 1 is 0.821 bits per heavy atom. The van der Waals surface area contributed by atoms with Gasteiger partial charge in [0.2, 0.25) is 0 Å². The van der Waals surface area contributed by atoms with Crippen LogP contribution in [0.2, 0.25) is 0 Å². The van der Waals surface area contributed by atoms with Gasteiger partial charge in [-0.15, -0.1) is 0 Å². The molecular weight excluding hydrogens is 498 g/mol. The predicted octanol–water partition coefficient (Wildman–Crippen LogP) is 8.51. The van der Waals surface area contributed by atoms with Gasteiger partial charge in [0, 0.05) is 31.6 Å². The van der Waals surface area contributed by atoms with Gasteiger partial charge in [0.1, 0.15) is 0 Å². The van der Waals surface area contributed by atoms with E-state index in [-0.39, 0.29) is 5.60 Å².